The Bertz CT molecular complexity index is 453. The van der Waals surface area contributed by atoms with Crippen LogP contribution in [-0.2, 0) is 0 Å². The van der Waals surface area contributed by atoms with Gasteiger partial charge in [0.25, 0.3) is 5.69 Å². The van der Waals surface area contributed by atoms with Gasteiger partial charge in [-0.3, -0.25) is 14.9 Å². The number of hydrogen-bond donors (Lipinski definition) is 1. The van der Waals surface area contributed by atoms with E-state index in [1.54, 1.807) is 13.0 Å². The van der Waals surface area contributed by atoms with Gasteiger partial charge in [0.2, 0.25) is 5.91 Å². The van der Waals surface area contributed by atoms with Gasteiger partial charge in [0, 0.05) is 6.07 Å². The SMILES string of the molecule is Cc1cc(C(N)=O)c(C#N)c([N+](=O)[O-])c1. The van der Waals surface area contributed by atoms with Gasteiger partial charge in [-0.05, 0) is 18.6 Å². The topological polar surface area (TPSA) is 110 Å². The molecule has 0 bridgehead atoms. The monoisotopic (exact) mass is 205 g/mol. The third-order valence-corrected chi connectivity index (χ3v) is 1.84. The maximum Gasteiger partial charge on any atom is 0.288 e. The summed E-state index contributed by atoms with van der Waals surface area (Å²) in [5.74, 6) is -0.849. The van der Waals surface area contributed by atoms with Crippen molar-refractivity contribution in [3.05, 3.63) is 38.9 Å². The van der Waals surface area contributed by atoms with Gasteiger partial charge in [-0.15, -0.1) is 0 Å². The molecule has 0 aromatic heterocycles. The van der Waals surface area contributed by atoms with Gasteiger partial charge in [-0.2, -0.15) is 5.26 Å². The van der Waals surface area contributed by atoms with Crippen molar-refractivity contribution in [3.63, 3.8) is 0 Å². The van der Waals surface area contributed by atoms with Gasteiger partial charge in [0.15, 0.2) is 0 Å². The normalized spacial score (nSPS) is 9.33. The molecule has 15 heavy (non-hydrogen) atoms. The van der Waals surface area contributed by atoms with E-state index in [1.807, 2.05) is 0 Å². The van der Waals surface area contributed by atoms with Crippen molar-refractivity contribution in [2.45, 2.75) is 6.92 Å². The van der Waals surface area contributed by atoms with Crippen LogP contribution in [0, 0.1) is 28.4 Å². The summed E-state index contributed by atoms with van der Waals surface area (Å²) in [4.78, 5) is 20.9. The zero-order valence-electron chi connectivity index (χ0n) is 7.85. The molecule has 0 spiro atoms. The molecule has 1 rings (SSSR count). The predicted octanol–water partition coefficient (Wildman–Crippen LogP) is 0.874. The summed E-state index contributed by atoms with van der Waals surface area (Å²) in [7, 11) is 0. The number of rotatable bonds is 2. The van der Waals surface area contributed by atoms with E-state index in [2.05, 4.69) is 0 Å². The minimum absolute atomic E-state index is 0.121. The van der Waals surface area contributed by atoms with Crippen molar-refractivity contribution in [1.82, 2.24) is 0 Å². The third-order valence-electron chi connectivity index (χ3n) is 1.84. The summed E-state index contributed by atoms with van der Waals surface area (Å²) in [5.41, 5.74) is 4.71. The second kappa shape index (κ2) is 3.75. The molecule has 0 radical (unpaired) electrons. The number of primary amides is 1. The second-order valence-electron chi connectivity index (χ2n) is 2.94. The van der Waals surface area contributed by atoms with Crippen LogP contribution in [0.1, 0.15) is 21.5 Å². The fourth-order valence-electron chi connectivity index (χ4n) is 1.22. The lowest BCUT2D eigenvalue weighted by Crippen LogP contribution is -2.14. The van der Waals surface area contributed by atoms with Crippen LogP contribution in [0.4, 0.5) is 5.69 Å². The number of benzene rings is 1. The molecule has 76 valence electrons. The quantitative estimate of drug-likeness (QED) is 0.570. The Morgan fingerprint density at radius 2 is 2.20 bits per heavy atom. The first-order valence-corrected chi connectivity index (χ1v) is 3.96. The van der Waals surface area contributed by atoms with E-state index in [9.17, 15) is 14.9 Å². The number of nitriles is 1. The molecule has 0 saturated carbocycles. The van der Waals surface area contributed by atoms with E-state index >= 15 is 0 Å². The van der Waals surface area contributed by atoms with Gasteiger partial charge in [0.05, 0.1) is 10.5 Å². The van der Waals surface area contributed by atoms with Crippen LogP contribution in [0.15, 0.2) is 12.1 Å². The number of nitro benzene ring substituents is 1. The molecule has 2 N–H and O–H groups in total. The average molecular weight is 205 g/mol. The Kier molecular flexibility index (Phi) is 2.67. The molecule has 0 saturated heterocycles. The van der Waals surface area contributed by atoms with E-state index in [-0.39, 0.29) is 11.1 Å². The Labute approximate surface area is 85.1 Å². The Morgan fingerprint density at radius 1 is 1.60 bits per heavy atom. The summed E-state index contributed by atoms with van der Waals surface area (Å²) in [6.07, 6.45) is 0. The van der Waals surface area contributed by atoms with E-state index in [1.165, 1.54) is 12.1 Å². The van der Waals surface area contributed by atoms with Gasteiger partial charge < -0.3 is 5.73 Å². The molecule has 1 amide bonds. The molecular formula is C9H7N3O3. The molecule has 1 aromatic carbocycles. The van der Waals surface area contributed by atoms with Crippen molar-refractivity contribution in [2.75, 3.05) is 0 Å². The average Bonchev–Trinajstić information content (AvgIpc) is 2.16. The lowest BCUT2D eigenvalue weighted by Gasteiger charge is -2.02. The summed E-state index contributed by atoms with van der Waals surface area (Å²) >= 11 is 0. The Hall–Kier alpha value is -2.42. The van der Waals surface area contributed by atoms with Gasteiger partial charge in [-0.25, -0.2) is 0 Å². The molecular weight excluding hydrogens is 198 g/mol. The molecule has 0 aliphatic carbocycles. The van der Waals surface area contributed by atoms with Gasteiger partial charge >= 0.3 is 0 Å². The summed E-state index contributed by atoms with van der Waals surface area (Å²) in [5, 5.41) is 19.3. The van der Waals surface area contributed by atoms with Crippen molar-refractivity contribution < 1.29 is 9.72 Å². The number of carbonyl (C=O) groups excluding carboxylic acids is 1. The highest BCUT2D eigenvalue weighted by atomic mass is 16.6. The highest BCUT2D eigenvalue weighted by Crippen LogP contribution is 2.23. The lowest BCUT2D eigenvalue weighted by atomic mass is 10.0. The molecule has 0 aliphatic rings. The van der Waals surface area contributed by atoms with E-state index in [0.29, 0.717) is 5.56 Å². The largest absolute Gasteiger partial charge is 0.366 e. The lowest BCUT2D eigenvalue weighted by molar-refractivity contribution is -0.385. The highest BCUT2D eigenvalue weighted by molar-refractivity contribution is 5.96. The summed E-state index contributed by atoms with van der Waals surface area (Å²) in [6.45, 7) is 1.58. The van der Waals surface area contributed by atoms with Gasteiger partial charge in [0.1, 0.15) is 11.6 Å². The van der Waals surface area contributed by atoms with Crippen LogP contribution in [0.3, 0.4) is 0 Å². The van der Waals surface area contributed by atoms with Crippen LogP contribution in [0.5, 0.6) is 0 Å². The molecule has 0 heterocycles. The first-order valence-electron chi connectivity index (χ1n) is 3.96. The smallest absolute Gasteiger partial charge is 0.288 e. The van der Waals surface area contributed by atoms with E-state index in [0.717, 1.165) is 0 Å². The molecule has 6 heteroatoms. The minimum Gasteiger partial charge on any atom is -0.366 e. The van der Waals surface area contributed by atoms with Crippen LogP contribution >= 0.6 is 0 Å². The summed E-state index contributed by atoms with van der Waals surface area (Å²) < 4.78 is 0. The third kappa shape index (κ3) is 1.91. The van der Waals surface area contributed by atoms with Crippen LogP contribution in [0.2, 0.25) is 0 Å². The minimum atomic E-state index is -0.849. The fourth-order valence-corrected chi connectivity index (χ4v) is 1.22. The molecule has 0 aliphatic heterocycles. The number of nitrogens with two attached hydrogens (primary N) is 1. The van der Waals surface area contributed by atoms with E-state index in [4.69, 9.17) is 11.0 Å². The maximum atomic E-state index is 11.0. The number of nitrogens with zero attached hydrogens (tertiary/aromatic N) is 2. The van der Waals surface area contributed by atoms with Crippen molar-refractivity contribution in [1.29, 1.82) is 5.26 Å². The highest BCUT2D eigenvalue weighted by Gasteiger charge is 2.21. The Morgan fingerprint density at radius 3 is 2.60 bits per heavy atom. The van der Waals surface area contributed by atoms with E-state index < -0.39 is 16.5 Å². The standard InChI is InChI=1S/C9H7N3O3/c1-5-2-6(9(11)13)7(4-10)8(3-5)12(14)15/h2-3H,1H3,(H2,11,13). The van der Waals surface area contributed by atoms with Crippen molar-refractivity contribution >= 4 is 11.6 Å². The van der Waals surface area contributed by atoms with Gasteiger partial charge in [-0.1, -0.05) is 0 Å². The molecule has 0 atom stereocenters. The first kappa shape index (κ1) is 10.7. The number of nitro groups is 1. The number of carbonyl (C=O) groups is 1. The van der Waals surface area contributed by atoms with Crippen molar-refractivity contribution in [2.24, 2.45) is 5.73 Å². The summed E-state index contributed by atoms with van der Waals surface area (Å²) in [6, 6.07) is 4.19. The van der Waals surface area contributed by atoms with Crippen LogP contribution in [0.25, 0.3) is 0 Å². The van der Waals surface area contributed by atoms with Crippen LogP contribution < -0.4 is 5.73 Å². The molecule has 1 aromatic rings. The maximum absolute atomic E-state index is 11.0. The molecule has 0 unspecified atom stereocenters. The number of hydrogen-bond acceptors (Lipinski definition) is 4. The first-order chi connectivity index (χ1) is 6.97. The zero-order valence-corrected chi connectivity index (χ0v) is 7.85. The van der Waals surface area contributed by atoms with Crippen LogP contribution in [-0.4, -0.2) is 10.8 Å². The predicted molar refractivity (Wildman–Crippen MR) is 51.1 cm³/mol. The fraction of sp³-hybridized carbons (Fsp3) is 0.111. The van der Waals surface area contributed by atoms with Crippen molar-refractivity contribution in [3.8, 4) is 6.07 Å². The Balaban J connectivity index is 3.62. The molecule has 6 nitrogen and oxygen atoms in total. The molecule has 0 fully saturated rings. The number of aryl methyl sites for hydroxylation is 1. The zero-order chi connectivity index (χ0) is 11.6. The second-order valence-corrected chi connectivity index (χ2v) is 2.94. The number of amides is 1.